The summed E-state index contributed by atoms with van der Waals surface area (Å²) in [6, 6.07) is 17.4. The average Bonchev–Trinajstić information content (AvgIpc) is 3.00. The molecule has 7 heteroatoms. The minimum absolute atomic E-state index is 0.135. The fraction of sp³-hybridized carbons (Fsp3) is 0.429. The van der Waals surface area contributed by atoms with E-state index in [-0.39, 0.29) is 23.5 Å². The van der Waals surface area contributed by atoms with Crippen LogP contribution in [0.2, 0.25) is 0 Å². The van der Waals surface area contributed by atoms with Crippen LogP contribution in [0.3, 0.4) is 0 Å². The van der Waals surface area contributed by atoms with Gasteiger partial charge in [0, 0.05) is 0 Å². The van der Waals surface area contributed by atoms with Gasteiger partial charge in [-0.2, -0.15) is 0 Å². The highest BCUT2D eigenvalue weighted by Gasteiger charge is 2.19. The van der Waals surface area contributed by atoms with Crippen molar-refractivity contribution in [3.63, 3.8) is 0 Å². The topological polar surface area (TPSA) is 61.8 Å². The summed E-state index contributed by atoms with van der Waals surface area (Å²) < 4.78 is 44.8. The molecule has 5 nitrogen and oxygen atoms in total. The standard InChI is InChI=1S/C35H42F2O5/c1-3-5-7-9-10-12-24-40-33-23-18-28(25-32(33)37)26-14-19-29(20-15-26)41-34(38)27-16-21-30(22-17-27)42-35(39)31(36)13-11-8-6-4-2/h14-23,25,31H,3-13,24H2,1-2H3. The first kappa shape index (κ1) is 32.8. The molecule has 0 aliphatic rings. The van der Waals surface area contributed by atoms with Crippen LogP contribution in [-0.4, -0.2) is 24.7 Å². The quantitative estimate of drug-likeness (QED) is 0.0851. The van der Waals surface area contributed by atoms with Crippen LogP contribution >= 0.6 is 0 Å². The van der Waals surface area contributed by atoms with Crippen LogP contribution in [0.4, 0.5) is 8.78 Å². The number of unbranched alkanes of at least 4 members (excludes halogenated alkanes) is 8. The van der Waals surface area contributed by atoms with Gasteiger partial charge in [-0.3, -0.25) is 0 Å². The fourth-order valence-corrected chi connectivity index (χ4v) is 4.45. The zero-order valence-corrected chi connectivity index (χ0v) is 24.7. The molecule has 0 bridgehead atoms. The number of halogens is 2. The van der Waals surface area contributed by atoms with Gasteiger partial charge in [-0.05, 0) is 78.9 Å². The Hall–Kier alpha value is -3.74. The van der Waals surface area contributed by atoms with E-state index in [1.807, 2.05) is 0 Å². The van der Waals surface area contributed by atoms with Crippen LogP contribution in [0, 0.1) is 5.82 Å². The molecular weight excluding hydrogens is 538 g/mol. The number of carbonyl (C=O) groups excluding carboxylic acids is 2. The van der Waals surface area contributed by atoms with Gasteiger partial charge in [0.2, 0.25) is 0 Å². The lowest BCUT2D eigenvalue weighted by atomic mass is 10.1. The average molecular weight is 581 g/mol. The maximum Gasteiger partial charge on any atom is 0.346 e. The van der Waals surface area contributed by atoms with Crippen molar-refractivity contribution in [1.82, 2.24) is 0 Å². The molecule has 0 aromatic heterocycles. The molecule has 0 spiro atoms. The van der Waals surface area contributed by atoms with Crippen molar-refractivity contribution in [3.05, 3.63) is 78.1 Å². The highest BCUT2D eigenvalue weighted by molar-refractivity contribution is 5.91. The molecule has 0 N–H and O–H groups in total. The van der Waals surface area contributed by atoms with E-state index < -0.39 is 23.9 Å². The first-order chi connectivity index (χ1) is 20.4. The van der Waals surface area contributed by atoms with Crippen LogP contribution in [0.25, 0.3) is 11.1 Å². The van der Waals surface area contributed by atoms with E-state index in [1.54, 1.807) is 36.4 Å². The van der Waals surface area contributed by atoms with Crippen LogP contribution in [0.15, 0.2) is 66.7 Å². The summed E-state index contributed by atoms with van der Waals surface area (Å²) in [7, 11) is 0. The second-order valence-electron chi connectivity index (χ2n) is 10.4. The normalized spacial score (nSPS) is 11.6. The molecule has 3 aromatic rings. The van der Waals surface area contributed by atoms with E-state index in [0.29, 0.717) is 24.3 Å². The number of ether oxygens (including phenoxy) is 3. The molecule has 0 fully saturated rings. The molecule has 1 unspecified atom stereocenters. The Bertz CT molecular complexity index is 1240. The number of hydrogen-bond acceptors (Lipinski definition) is 5. The Morgan fingerprint density at radius 1 is 0.690 bits per heavy atom. The molecule has 0 radical (unpaired) electrons. The SMILES string of the molecule is CCCCCCCCOc1ccc(-c2ccc(OC(=O)c3ccc(OC(=O)C(F)CCCCCC)cc3)cc2)cc1F. The summed E-state index contributed by atoms with van der Waals surface area (Å²) in [4.78, 5) is 24.6. The van der Waals surface area contributed by atoms with Gasteiger partial charge in [0.25, 0.3) is 0 Å². The molecule has 42 heavy (non-hydrogen) atoms. The van der Waals surface area contributed by atoms with Gasteiger partial charge < -0.3 is 14.2 Å². The lowest BCUT2D eigenvalue weighted by molar-refractivity contribution is -0.140. The summed E-state index contributed by atoms with van der Waals surface area (Å²) in [5.74, 6) is -1.23. The number of esters is 2. The van der Waals surface area contributed by atoms with Crippen LogP contribution in [0.1, 0.15) is 94.8 Å². The lowest BCUT2D eigenvalue weighted by Gasteiger charge is -2.10. The molecule has 1 atom stereocenters. The smallest absolute Gasteiger partial charge is 0.346 e. The molecule has 0 saturated carbocycles. The Balaban J connectivity index is 1.47. The number of hydrogen-bond donors (Lipinski definition) is 0. The zero-order chi connectivity index (χ0) is 30.2. The summed E-state index contributed by atoms with van der Waals surface area (Å²) in [6.07, 6.45) is 8.86. The molecule has 3 aromatic carbocycles. The van der Waals surface area contributed by atoms with Crippen molar-refractivity contribution < 1.29 is 32.6 Å². The van der Waals surface area contributed by atoms with Crippen molar-refractivity contribution >= 4 is 11.9 Å². The highest BCUT2D eigenvalue weighted by atomic mass is 19.1. The number of benzene rings is 3. The monoisotopic (exact) mass is 580 g/mol. The Morgan fingerprint density at radius 3 is 1.93 bits per heavy atom. The lowest BCUT2D eigenvalue weighted by Crippen LogP contribution is -2.21. The molecule has 0 heterocycles. The number of alkyl halides is 1. The summed E-state index contributed by atoms with van der Waals surface area (Å²) in [5.41, 5.74) is 1.69. The van der Waals surface area contributed by atoms with E-state index in [2.05, 4.69) is 13.8 Å². The first-order valence-corrected chi connectivity index (χ1v) is 15.1. The zero-order valence-electron chi connectivity index (χ0n) is 24.7. The molecule has 0 saturated heterocycles. The van der Waals surface area contributed by atoms with E-state index in [4.69, 9.17) is 14.2 Å². The first-order valence-electron chi connectivity index (χ1n) is 15.1. The maximum atomic E-state index is 14.6. The largest absolute Gasteiger partial charge is 0.491 e. The van der Waals surface area contributed by atoms with Gasteiger partial charge >= 0.3 is 11.9 Å². The Kier molecular flexibility index (Phi) is 14.0. The second-order valence-corrected chi connectivity index (χ2v) is 10.4. The second kappa shape index (κ2) is 17.9. The minimum Gasteiger partial charge on any atom is -0.491 e. The fourth-order valence-electron chi connectivity index (χ4n) is 4.45. The van der Waals surface area contributed by atoms with Gasteiger partial charge in [-0.1, -0.05) is 83.4 Å². The molecule has 0 amide bonds. The molecule has 0 aliphatic heterocycles. The van der Waals surface area contributed by atoms with Crippen molar-refractivity contribution in [2.24, 2.45) is 0 Å². The molecule has 3 rings (SSSR count). The number of carbonyl (C=O) groups is 2. The van der Waals surface area contributed by atoms with Gasteiger partial charge in [-0.25, -0.2) is 18.4 Å². The van der Waals surface area contributed by atoms with Gasteiger partial charge in [-0.15, -0.1) is 0 Å². The highest BCUT2D eigenvalue weighted by Crippen LogP contribution is 2.28. The third-order valence-corrected chi connectivity index (χ3v) is 6.96. The molecule has 0 aliphatic carbocycles. The van der Waals surface area contributed by atoms with E-state index in [1.165, 1.54) is 56.0 Å². The van der Waals surface area contributed by atoms with Crippen LogP contribution < -0.4 is 14.2 Å². The summed E-state index contributed by atoms with van der Waals surface area (Å²) >= 11 is 0. The van der Waals surface area contributed by atoms with Gasteiger partial charge in [0.15, 0.2) is 17.7 Å². The van der Waals surface area contributed by atoms with Crippen LogP contribution in [0.5, 0.6) is 17.2 Å². The van der Waals surface area contributed by atoms with Crippen molar-refractivity contribution in [2.45, 2.75) is 90.6 Å². The van der Waals surface area contributed by atoms with Crippen molar-refractivity contribution in [3.8, 4) is 28.4 Å². The third-order valence-electron chi connectivity index (χ3n) is 6.96. The Labute approximate surface area is 248 Å². The molecular formula is C35H42F2O5. The van der Waals surface area contributed by atoms with E-state index >= 15 is 0 Å². The Morgan fingerprint density at radius 2 is 1.26 bits per heavy atom. The summed E-state index contributed by atoms with van der Waals surface area (Å²) in [6.45, 7) is 4.74. The predicted molar refractivity (Wildman–Crippen MR) is 161 cm³/mol. The van der Waals surface area contributed by atoms with Crippen LogP contribution in [-0.2, 0) is 4.79 Å². The molecule has 226 valence electrons. The minimum atomic E-state index is -1.67. The van der Waals surface area contributed by atoms with Crippen molar-refractivity contribution in [1.29, 1.82) is 0 Å². The van der Waals surface area contributed by atoms with E-state index in [0.717, 1.165) is 37.7 Å². The van der Waals surface area contributed by atoms with Gasteiger partial charge in [0.05, 0.1) is 12.2 Å². The summed E-state index contributed by atoms with van der Waals surface area (Å²) in [5, 5.41) is 0. The van der Waals surface area contributed by atoms with Gasteiger partial charge in [0.1, 0.15) is 11.5 Å². The predicted octanol–water partition coefficient (Wildman–Crippen LogP) is 9.67. The third kappa shape index (κ3) is 10.9. The maximum absolute atomic E-state index is 14.6. The van der Waals surface area contributed by atoms with Crippen molar-refractivity contribution in [2.75, 3.05) is 6.61 Å². The van der Waals surface area contributed by atoms with E-state index in [9.17, 15) is 18.4 Å². The number of rotatable bonds is 18.